The zero-order valence-electron chi connectivity index (χ0n) is 12.1. The van der Waals surface area contributed by atoms with Gasteiger partial charge in [-0.15, -0.1) is 0 Å². The highest BCUT2D eigenvalue weighted by molar-refractivity contribution is 6.00. The lowest BCUT2D eigenvalue weighted by Crippen LogP contribution is -2.51. The fourth-order valence-electron chi connectivity index (χ4n) is 2.39. The van der Waals surface area contributed by atoms with Crippen molar-refractivity contribution in [1.29, 1.82) is 0 Å². The van der Waals surface area contributed by atoms with E-state index in [1.54, 1.807) is 25.9 Å². The number of nitrogens with zero attached hydrogens (tertiary/aromatic N) is 1. The van der Waals surface area contributed by atoms with Gasteiger partial charge in [0.05, 0.1) is 6.04 Å². The maximum absolute atomic E-state index is 12.4. The standard InChI is InChI=1S/C15H21N3O2/c1-10(16-2)14(19)17-12-9-8-11-6-4-5-7-13(11)18(3)15(12)20/h4-7,10,12,16H,8-9H2,1-3H3,(H,17,19). The number of likely N-dealkylation sites (N-methyl/N-ethyl adjacent to an activating group) is 2. The summed E-state index contributed by atoms with van der Waals surface area (Å²) in [5, 5.41) is 5.71. The van der Waals surface area contributed by atoms with Gasteiger partial charge in [-0.05, 0) is 38.4 Å². The molecule has 1 aromatic carbocycles. The molecule has 0 saturated carbocycles. The zero-order valence-corrected chi connectivity index (χ0v) is 12.1. The third-order valence-electron chi connectivity index (χ3n) is 3.83. The van der Waals surface area contributed by atoms with E-state index in [9.17, 15) is 9.59 Å². The van der Waals surface area contributed by atoms with Crippen LogP contribution >= 0.6 is 0 Å². The van der Waals surface area contributed by atoms with Crippen molar-refractivity contribution in [3.05, 3.63) is 29.8 Å². The van der Waals surface area contributed by atoms with E-state index in [-0.39, 0.29) is 17.9 Å². The van der Waals surface area contributed by atoms with Gasteiger partial charge in [0.1, 0.15) is 6.04 Å². The number of amides is 2. The number of aryl methyl sites for hydroxylation is 1. The first-order chi connectivity index (χ1) is 9.54. The number of hydrogen-bond donors (Lipinski definition) is 2. The van der Waals surface area contributed by atoms with Crippen molar-refractivity contribution in [2.24, 2.45) is 0 Å². The molecule has 0 aromatic heterocycles. The van der Waals surface area contributed by atoms with Gasteiger partial charge in [-0.3, -0.25) is 9.59 Å². The molecule has 2 N–H and O–H groups in total. The Morgan fingerprint density at radius 3 is 2.80 bits per heavy atom. The van der Waals surface area contributed by atoms with Crippen LogP contribution in [0.2, 0.25) is 0 Å². The van der Waals surface area contributed by atoms with E-state index < -0.39 is 6.04 Å². The average molecular weight is 275 g/mol. The molecule has 2 atom stereocenters. The molecule has 5 nitrogen and oxygen atoms in total. The van der Waals surface area contributed by atoms with Gasteiger partial charge in [0, 0.05) is 12.7 Å². The number of carbonyl (C=O) groups is 2. The van der Waals surface area contributed by atoms with Gasteiger partial charge in [-0.25, -0.2) is 0 Å². The van der Waals surface area contributed by atoms with E-state index in [2.05, 4.69) is 10.6 Å². The maximum Gasteiger partial charge on any atom is 0.249 e. The predicted molar refractivity (Wildman–Crippen MR) is 78.6 cm³/mol. The lowest BCUT2D eigenvalue weighted by Gasteiger charge is -2.23. The number of fused-ring (bicyclic) bond motifs is 1. The molecule has 0 spiro atoms. The quantitative estimate of drug-likeness (QED) is 0.853. The summed E-state index contributed by atoms with van der Waals surface area (Å²) in [5.41, 5.74) is 2.07. The number of hydrogen-bond acceptors (Lipinski definition) is 3. The van der Waals surface area contributed by atoms with E-state index in [1.165, 1.54) is 0 Å². The van der Waals surface area contributed by atoms with Crippen molar-refractivity contribution in [3.63, 3.8) is 0 Å². The molecule has 1 aromatic rings. The third-order valence-corrected chi connectivity index (χ3v) is 3.83. The van der Waals surface area contributed by atoms with Crippen LogP contribution in [0.1, 0.15) is 18.9 Å². The fourth-order valence-corrected chi connectivity index (χ4v) is 2.39. The molecule has 2 rings (SSSR count). The molecule has 5 heteroatoms. The minimum atomic E-state index is -0.462. The van der Waals surface area contributed by atoms with Gasteiger partial charge in [-0.2, -0.15) is 0 Å². The molecular formula is C15H21N3O2. The van der Waals surface area contributed by atoms with Gasteiger partial charge >= 0.3 is 0 Å². The summed E-state index contributed by atoms with van der Waals surface area (Å²) in [6.07, 6.45) is 1.41. The Kier molecular flexibility index (Phi) is 4.39. The first-order valence-electron chi connectivity index (χ1n) is 6.87. The van der Waals surface area contributed by atoms with Gasteiger partial charge in [0.2, 0.25) is 11.8 Å². The highest BCUT2D eigenvalue weighted by atomic mass is 16.2. The van der Waals surface area contributed by atoms with Gasteiger partial charge in [0.15, 0.2) is 0 Å². The summed E-state index contributed by atoms with van der Waals surface area (Å²) in [5.74, 6) is -0.211. The fraction of sp³-hybridized carbons (Fsp3) is 0.467. The zero-order chi connectivity index (χ0) is 14.7. The van der Waals surface area contributed by atoms with E-state index in [4.69, 9.17) is 0 Å². The van der Waals surface area contributed by atoms with Gasteiger partial charge in [-0.1, -0.05) is 18.2 Å². The topological polar surface area (TPSA) is 61.4 Å². The minimum Gasteiger partial charge on any atom is -0.343 e. The molecule has 1 aliphatic heterocycles. The second-order valence-electron chi connectivity index (χ2n) is 5.14. The summed E-state index contributed by atoms with van der Waals surface area (Å²) < 4.78 is 0. The molecule has 20 heavy (non-hydrogen) atoms. The second kappa shape index (κ2) is 6.05. The highest BCUT2D eigenvalue weighted by Gasteiger charge is 2.29. The maximum atomic E-state index is 12.4. The van der Waals surface area contributed by atoms with E-state index in [0.29, 0.717) is 6.42 Å². The Bertz CT molecular complexity index is 516. The molecular weight excluding hydrogens is 254 g/mol. The monoisotopic (exact) mass is 275 g/mol. The Morgan fingerprint density at radius 1 is 1.40 bits per heavy atom. The largest absolute Gasteiger partial charge is 0.343 e. The van der Waals surface area contributed by atoms with Crippen molar-refractivity contribution in [2.45, 2.75) is 31.8 Å². The molecule has 0 radical (unpaired) electrons. The van der Waals surface area contributed by atoms with Crippen molar-refractivity contribution < 1.29 is 9.59 Å². The summed E-state index contributed by atoms with van der Waals surface area (Å²) >= 11 is 0. The lowest BCUT2D eigenvalue weighted by atomic mass is 10.1. The summed E-state index contributed by atoms with van der Waals surface area (Å²) in [4.78, 5) is 26.0. The third kappa shape index (κ3) is 2.82. The van der Waals surface area contributed by atoms with Gasteiger partial charge < -0.3 is 15.5 Å². The molecule has 0 aliphatic carbocycles. The van der Waals surface area contributed by atoms with Crippen LogP contribution in [0.5, 0.6) is 0 Å². The van der Waals surface area contributed by atoms with Crippen LogP contribution in [0.3, 0.4) is 0 Å². The molecule has 2 unspecified atom stereocenters. The Labute approximate surface area is 119 Å². The molecule has 0 saturated heterocycles. The molecule has 0 bridgehead atoms. The summed E-state index contributed by atoms with van der Waals surface area (Å²) in [6.45, 7) is 1.77. The highest BCUT2D eigenvalue weighted by Crippen LogP contribution is 2.25. The van der Waals surface area contributed by atoms with Crippen molar-refractivity contribution in [2.75, 3.05) is 19.0 Å². The molecule has 2 amide bonds. The normalized spacial score (nSPS) is 20.1. The number of benzene rings is 1. The minimum absolute atomic E-state index is 0.0633. The van der Waals surface area contributed by atoms with Crippen molar-refractivity contribution in [3.8, 4) is 0 Å². The smallest absolute Gasteiger partial charge is 0.249 e. The Balaban J connectivity index is 2.16. The second-order valence-corrected chi connectivity index (χ2v) is 5.14. The Morgan fingerprint density at radius 2 is 2.10 bits per heavy atom. The van der Waals surface area contributed by atoms with E-state index >= 15 is 0 Å². The number of nitrogens with one attached hydrogen (secondary N) is 2. The number of carbonyl (C=O) groups excluding carboxylic acids is 2. The van der Waals surface area contributed by atoms with Gasteiger partial charge in [0.25, 0.3) is 0 Å². The van der Waals surface area contributed by atoms with Crippen LogP contribution in [0, 0.1) is 0 Å². The number of anilines is 1. The molecule has 1 aliphatic rings. The van der Waals surface area contributed by atoms with Crippen LogP contribution in [0.4, 0.5) is 5.69 Å². The molecule has 0 fully saturated rings. The van der Waals surface area contributed by atoms with Crippen LogP contribution in [0.15, 0.2) is 24.3 Å². The van der Waals surface area contributed by atoms with Crippen LogP contribution in [-0.4, -0.2) is 38.0 Å². The predicted octanol–water partition coefficient (Wildman–Crippen LogP) is 0.688. The lowest BCUT2D eigenvalue weighted by molar-refractivity contribution is -0.128. The van der Waals surface area contributed by atoms with E-state index in [1.807, 2.05) is 24.3 Å². The van der Waals surface area contributed by atoms with E-state index in [0.717, 1.165) is 17.7 Å². The van der Waals surface area contributed by atoms with Crippen LogP contribution in [-0.2, 0) is 16.0 Å². The summed E-state index contributed by atoms with van der Waals surface area (Å²) in [7, 11) is 3.48. The van der Waals surface area contributed by atoms with Crippen molar-refractivity contribution >= 4 is 17.5 Å². The van der Waals surface area contributed by atoms with Crippen LogP contribution in [0.25, 0.3) is 0 Å². The van der Waals surface area contributed by atoms with Crippen LogP contribution < -0.4 is 15.5 Å². The SMILES string of the molecule is CNC(C)C(=O)NC1CCc2ccccc2N(C)C1=O. The molecule has 1 heterocycles. The first kappa shape index (κ1) is 14.5. The summed E-state index contributed by atoms with van der Waals surface area (Å²) in [6, 6.07) is 7.09. The van der Waals surface area contributed by atoms with Crippen molar-refractivity contribution in [1.82, 2.24) is 10.6 Å². The Hall–Kier alpha value is -1.88. The number of rotatable bonds is 3. The number of para-hydroxylation sites is 1. The molecule has 108 valence electrons. The average Bonchev–Trinajstić information content (AvgIpc) is 2.59. The first-order valence-corrected chi connectivity index (χ1v) is 6.87.